The number of likely N-dealkylation sites (tertiary alicyclic amines) is 1. The topological polar surface area (TPSA) is 92.7 Å². The second-order valence-corrected chi connectivity index (χ2v) is 7.20. The fourth-order valence-electron chi connectivity index (χ4n) is 3.67. The fourth-order valence-corrected chi connectivity index (χ4v) is 3.67. The number of fused-ring (bicyclic) bond motifs is 1. The van der Waals surface area contributed by atoms with Crippen molar-refractivity contribution in [2.75, 3.05) is 6.54 Å². The van der Waals surface area contributed by atoms with Gasteiger partial charge in [0.15, 0.2) is 0 Å². The third kappa shape index (κ3) is 3.49. The van der Waals surface area contributed by atoms with Gasteiger partial charge in [-0.2, -0.15) is 5.10 Å². The van der Waals surface area contributed by atoms with Crippen LogP contribution < -0.4 is 5.32 Å². The largest absolute Gasteiger partial charge is 0.361 e. The smallest absolute Gasteiger partial charge is 0.253 e. The molecule has 1 saturated heterocycles. The van der Waals surface area contributed by atoms with Crippen LogP contribution in [0.2, 0.25) is 0 Å². The van der Waals surface area contributed by atoms with Gasteiger partial charge in [0.05, 0.1) is 29.5 Å². The first-order chi connectivity index (χ1) is 13.5. The van der Waals surface area contributed by atoms with E-state index in [4.69, 9.17) is 4.52 Å². The molecule has 1 aliphatic heterocycles. The first kappa shape index (κ1) is 18.2. The van der Waals surface area contributed by atoms with E-state index in [-0.39, 0.29) is 17.9 Å². The lowest BCUT2D eigenvalue weighted by molar-refractivity contribution is -0.131. The molecule has 1 atom stereocenters. The molecular weight excluding hydrogens is 358 g/mol. The van der Waals surface area contributed by atoms with E-state index in [9.17, 15) is 9.59 Å². The molecule has 0 radical (unpaired) electrons. The average molecular weight is 381 g/mol. The molecule has 1 N–H and O–H groups in total. The minimum atomic E-state index is -0.136. The molecule has 1 fully saturated rings. The van der Waals surface area contributed by atoms with Crippen molar-refractivity contribution in [3.8, 4) is 0 Å². The maximum Gasteiger partial charge on any atom is 0.253 e. The molecule has 28 heavy (non-hydrogen) atoms. The molecule has 8 nitrogen and oxygen atoms in total. The van der Waals surface area contributed by atoms with E-state index in [0.717, 1.165) is 22.5 Å². The summed E-state index contributed by atoms with van der Waals surface area (Å²) in [6.07, 6.45) is 5.23. The number of aromatic nitrogens is 3. The molecule has 0 aliphatic carbocycles. The van der Waals surface area contributed by atoms with Crippen LogP contribution in [0.25, 0.3) is 5.52 Å². The Morgan fingerprint density at radius 3 is 2.96 bits per heavy atom. The predicted octanol–water partition coefficient (Wildman–Crippen LogP) is 2.25. The second-order valence-electron chi connectivity index (χ2n) is 7.20. The lowest BCUT2D eigenvalue weighted by Crippen LogP contribution is -2.36. The summed E-state index contributed by atoms with van der Waals surface area (Å²) in [5.41, 5.74) is 3.13. The summed E-state index contributed by atoms with van der Waals surface area (Å²) >= 11 is 0. The Morgan fingerprint density at radius 1 is 1.32 bits per heavy atom. The standard InChI is InChI=1S/C20H23N5O3/c1-13-17(14(2)28-23-13)12-24-11-8-15(5-6-19(24)26)22-20(27)16-4-3-10-25-18(16)7-9-21-25/h3-4,7,9-10,15H,5-6,8,11-12H2,1-2H3,(H,22,27). The Kier molecular flexibility index (Phi) is 4.85. The zero-order valence-corrected chi connectivity index (χ0v) is 16.0. The number of nitrogens with zero attached hydrogens (tertiary/aromatic N) is 4. The van der Waals surface area contributed by atoms with Crippen LogP contribution in [0.15, 0.2) is 35.1 Å². The van der Waals surface area contributed by atoms with Gasteiger partial charge in [0.2, 0.25) is 5.91 Å². The van der Waals surface area contributed by atoms with E-state index in [1.54, 1.807) is 22.8 Å². The summed E-state index contributed by atoms with van der Waals surface area (Å²) < 4.78 is 6.88. The van der Waals surface area contributed by atoms with Gasteiger partial charge in [0, 0.05) is 30.8 Å². The molecule has 0 spiro atoms. The number of carbonyl (C=O) groups excluding carboxylic acids is 2. The number of hydrogen-bond acceptors (Lipinski definition) is 5. The van der Waals surface area contributed by atoms with Gasteiger partial charge in [-0.25, -0.2) is 4.52 Å². The van der Waals surface area contributed by atoms with Gasteiger partial charge in [-0.05, 0) is 44.9 Å². The molecule has 1 unspecified atom stereocenters. The van der Waals surface area contributed by atoms with Crippen molar-refractivity contribution in [3.63, 3.8) is 0 Å². The van der Waals surface area contributed by atoms with Crippen molar-refractivity contribution in [3.05, 3.63) is 53.2 Å². The van der Waals surface area contributed by atoms with Crippen LogP contribution in [0.5, 0.6) is 0 Å². The maximum absolute atomic E-state index is 12.8. The molecule has 1 aliphatic rings. The van der Waals surface area contributed by atoms with Gasteiger partial charge in [-0.15, -0.1) is 0 Å². The second kappa shape index (κ2) is 7.46. The van der Waals surface area contributed by atoms with Crippen LogP contribution in [-0.2, 0) is 11.3 Å². The van der Waals surface area contributed by atoms with Crippen LogP contribution >= 0.6 is 0 Å². The molecule has 3 aromatic heterocycles. The van der Waals surface area contributed by atoms with E-state index in [2.05, 4.69) is 15.6 Å². The van der Waals surface area contributed by atoms with Crippen molar-refractivity contribution in [2.24, 2.45) is 0 Å². The lowest BCUT2D eigenvalue weighted by Gasteiger charge is -2.21. The van der Waals surface area contributed by atoms with Crippen molar-refractivity contribution < 1.29 is 14.1 Å². The molecule has 0 bridgehead atoms. The van der Waals surface area contributed by atoms with Gasteiger partial charge < -0.3 is 14.7 Å². The Balaban J connectivity index is 1.43. The third-order valence-corrected chi connectivity index (χ3v) is 5.35. The molecule has 4 heterocycles. The van der Waals surface area contributed by atoms with E-state index >= 15 is 0 Å². The first-order valence-electron chi connectivity index (χ1n) is 9.45. The van der Waals surface area contributed by atoms with E-state index in [0.29, 0.717) is 37.9 Å². The highest BCUT2D eigenvalue weighted by Gasteiger charge is 2.26. The Morgan fingerprint density at radius 2 is 2.18 bits per heavy atom. The quantitative estimate of drug-likeness (QED) is 0.748. The molecule has 146 valence electrons. The molecule has 0 aromatic carbocycles. The number of rotatable bonds is 4. The van der Waals surface area contributed by atoms with E-state index in [1.807, 2.05) is 31.0 Å². The van der Waals surface area contributed by atoms with Crippen molar-refractivity contribution in [2.45, 2.75) is 45.7 Å². The molecular formula is C20H23N5O3. The summed E-state index contributed by atoms with van der Waals surface area (Å²) in [6.45, 7) is 4.83. The number of hydrogen-bond donors (Lipinski definition) is 1. The Labute approximate surface area is 162 Å². The SMILES string of the molecule is Cc1noc(C)c1CN1CCC(NC(=O)c2cccn3nccc23)CCC1=O. The molecule has 2 amide bonds. The van der Waals surface area contributed by atoms with Crippen LogP contribution in [0.1, 0.15) is 46.6 Å². The highest BCUT2D eigenvalue weighted by atomic mass is 16.5. The molecule has 8 heteroatoms. The minimum Gasteiger partial charge on any atom is -0.361 e. The summed E-state index contributed by atoms with van der Waals surface area (Å²) in [4.78, 5) is 27.2. The van der Waals surface area contributed by atoms with Gasteiger partial charge >= 0.3 is 0 Å². The summed E-state index contributed by atoms with van der Waals surface area (Å²) in [7, 11) is 0. The van der Waals surface area contributed by atoms with Crippen molar-refractivity contribution in [1.82, 2.24) is 25.0 Å². The van der Waals surface area contributed by atoms with Crippen LogP contribution in [0.4, 0.5) is 0 Å². The molecule has 3 aromatic rings. The molecule has 0 saturated carbocycles. The number of aryl methyl sites for hydroxylation is 2. The number of carbonyl (C=O) groups is 2. The highest BCUT2D eigenvalue weighted by Crippen LogP contribution is 2.20. The molecule has 4 rings (SSSR count). The monoisotopic (exact) mass is 381 g/mol. The van der Waals surface area contributed by atoms with Crippen LogP contribution in [-0.4, -0.2) is 44.1 Å². The van der Waals surface area contributed by atoms with Crippen LogP contribution in [0, 0.1) is 13.8 Å². The number of nitrogens with one attached hydrogen (secondary N) is 1. The van der Waals surface area contributed by atoms with Gasteiger partial charge in [-0.1, -0.05) is 5.16 Å². The zero-order valence-electron chi connectivity index (χ0n) is 16.0. The first-order valence-corrected chi connectivity index (χ1v) is 9.45. The maximum atomic E-state index is 12.8. The predicted molar refractivity (Wildman–Crippen MR) is 102 cm³/mol. The van der Waals surface area contributed by atoms with Gasteiger partial charge in [0.25, 0.3) is 5.91 Å². The van der Waals surface area contributed by atoms with E-state index < -0.39 is 0 Å². The Hall–Kier alpha value is -3.16. The highest BCUT2D eigenvalue weighted by molar-refractivity contribution is 6.00. The summed E-state index contributed by atoms with van der Waals surface area (Å²) in [6, 6.07) is 5.36. The van der Waals surface area contributed by atoms with Crippen molar-refractivity contribution >= 4 is 17.3 Å². The normalized spacial score (nSPS) is 17.7. The van der Waals surface area contributed by atoms with Crippen LogP contribution in [0.3, 0.4) is 0 Å². The Bertz CT molecular complexity index is 1000. The number of pyridine rings is 1. The van der Waals surface area contributed by atoms with Crippen molar-refractivity contribution in [1.29, 1.82) is 0 Å². The summed E-state index contributed by atoms with van der Waals surface area (Å²) in [5.74, 6) is 0.700. The average Bonchev–Trinajstić information content (AvgIpc) is 3.24. The summed E-state index contributed by atoms with van der Waals surface area (Å²) in [5, 5.41) is 11.2. The van der Waals surface area contributed by atoms with Gasteiger partial charge in [0.1, 0.15) is 5.76 Å². The van der Waals surface area contributed by atoms with E-state index in [1.165, 1.54) is 0 Å². The lowest BCUT2D eigenvalue weighted by atomic mass is 10.1. The fraction of sp³-hybridized carbons (Fsp3) is 0.400. The zero-order chi connectivity index (χ0) is 19.7. The van der Waals surface area contributed by atoms with Gasteiger partial charge in [-0.3, -0.25) is 9.59 Å². The minimum absolute atomic E-state index is 0.0469. The third-order valence-electron chi connectivity index (χ3n) is 5.35. The number of amides is 2.